The Morgan fingerprint density at radius 3 is 2.21 bits per heavy atom. The summed E-state index contributed by atoms with van der Waals surface area (Å²) < 4.78 is 0. The molecule has 0 aliphatic carbocycles. The first-order chi connectivity index (χ1) is 14.0. The molecule has 142 valence electrons. The van der Waals surface area contributed by atoms with Gasteiger partial charge in [-0.05, 0) is 24.3 Å². The van der Waals surface area contributed by atoms with Gasteiger partial charge < -0.3 is 10.1 Å². The van der Waals surface area contributed by atoms with Crippen LogP contribution in [0.15, 0.2) is 78.9 Å². The molecule has 0 amide bonds. The van der Waals surface area contributed by atoms with Gasteiger partial charge in [0, 0.05) is 23.3 Å². The van der Waals surface area contributed by atoms with Crippen LogP contribution in [0.2, 0.25) is 0 Å². The van der Waals surface area contributed by atoms with Gasteiger partial charge in [0.1, 0.15) is 17.2 Å². The Morgan fingerprint density at radius 1 is 0.897 bits per heavy atom. The van der Waals surface area contributed by atoms with Gasteiger partial charge in [-0.25, -0.2) is 4.98 Å². The summed E-state index contributed by atoms with van der Waals surface area (Å²) in [6, 6.07) is 21.2. The molecule has 0 saturated heterocycles. The zero-order valence-corrected chi connectivity index (χ0v) is 15.1. The van der Waals surface area contributed by atoms with Gasteiger partial charge in [0.15, 0.2) is 0 Å². The molecule has 4 aromatic rings. The number of allylic oxidation sites excluding steroid dienone is 1. The van der Waals surface area contributed by atoms with E-state index in [2.05, 4.69) is 9.97 Å². The third kappa shape index (κ3) is 3.49. The molecule has 29 heavy (non-hydrogen) atoms. The number of rotatable bonds is 5. The minimum absolute atomic E-state index is 0.0127. The number of aromatic amines is 1. The van der Waals surface area contributed by atoms with Crippen molar-refractivity contribution in [3.63, 3.8) is 0 Å². The fourth-order valence-corrected chi connectivity index (χ4v) is 3.02. The van der Waals surface area contributed by atoms with Gasteiger partial charge in [-0.2, -0.15) is 0 Å². The van der Waals surface area contributed by atoms with Gasteiger partial charge in [0.05, 0.1) is 16.0 Å². The van der Waals surface area contributed by atoms with Crippen molar-refractivity contribution in [1.82, 2.24) is 9.97 Å². The van der Waals surface area contributed by atoms with Crippen molar-refractivity contribution < 1.29 is 14.8 Å². The molecule has 2 N–H and O–H groups in total. The van der Waals surface area contributed by atoms with E-state index in [0.29, 0.717) is 11.1 Å². The van der Waals surface area contributed by atoms with E-state index >= 15 is 0 Å². The molecule has 0 spiro atoms. The van der Waals surface area contributed by atoms with Crippen LogP contribution >= 0.6 is 0 Å². The van der Waals surface area contributed by atoms with Crippen LogP contribution < -0.4 is 0 Å². The molecule has 7 nitrogen and oxygen atoms in total. The SMILES string of the molecule is O=C(C(=C(O)c1ccccc1)c1nc2ccccc2[nH]1)c1ccc([N+](=O)[O-])cc1. The third-order valence-electron chi connectivity index (χ3n) is 4.48. The predicted molar refractivity (Wildman–Crippen MR) is 109 cm³/mol. The number of aliphatic hydroxyl groups is 1. The smallest absolute Gasteiger partial charge is 0.269 e. The van der Waals surface area contributed by atoms with E-state index in [1.807, 2.05) is 18.2 Å². The van der Waals surface area contributed by atoms with Gasteiger partial charge in [-0.1, -0.05) is 42.5 Å². The highest BCUT2D eigenvalue weighted by molar-refractivity contribution is 6.33. The van der Waals surface area contributed by atoms with Gasteiger partial charge in [0.2, 0.25) is 5.78 Å². The maximum absolute atomic E-state index is 13.3. The van der Waals surface area contributed by atoms with Crippen LogP contribution in [-0.4, -0.2) is 25.8 Å². The Morgan fingerprint density at radius 2 is 1.55 bits per heavy atom. The van der Waals surface area contributed by atoms with Crippen LogP contribution in [0.1, 0.15) is 21.7 Å². The highest BCUT2D eigenvalue weighted by atomic mass is 16.6. The second kappa shape index (κ2) is 7.40. The number of aliphatic hydroxyl groups excluding tert-OH is 1. The number of benzene rings is 3. The summed E-state index contributed by atoms with van der Waals surface area (Å²) in [5.74, 6) is -0.510. The highest BCUT2D eigenvalue weighted by Crippen LogP contribution is 2.28. The number of hydrogen-bond acceptors (Lipinski definition) is 5. The number of nitrogens with zero attached hydrogens (tertiary/aromatic N) is 2. The van der Waals surface area contributed by atoms with Crippen LogP contribution in [0.3, 0.4) is 0 Å². The number of para-hydroxylation sites is 2. The van der Waals surface area contributed by atoms with E-state index < -0.39 is 10.7 Å². The predicted octanol–water partition coefficient (Wildman–Crippen LogP) is 4.78. The van der Waals surface area contributed by atoms with Gasteiger partial charge in [0.25, 0.3) is 5.69 Å². The van der Waals surface area contributed by atoms with Crippen molar-refractivity contribution in [2.75, 3.05) is 0 Å². The minimum atomic E-state index is -0.536. The standard InChI is InChI=1S/C22H15N3O4/c26-20(14-6-2-1-3-7-14)19(22-23-17-8-4-5-9-18(17)24-22)21(27)15-10-12-16(13-11-15)25(28)29/h1-13,26H,(H,23,24). The lowest BCUT2D eigenvalue weighted by molar-refractivity contribution is -0.384. The molecule has 0 aliphatic rings. The molecule has 0 bridgehead atoms. The number of Topliss-reactive ketones (excluding diaryl/α,β-unsaturated/α-hetero) is 1. The summed E-state index contributed by atoms with van der Waals surface area (Å²) >= 11 is 0. The molecule has 0 saturated carbocycles. The number of ketones is 1. The lowest BCUT2D eigenvalue weighted by Gasteiger charge is -2.09. The van der Waals surface area contributed by atoms with Crippen LogP contribution in [-0.2, 0) is 0 Å². The summed E-state index contributed by atoms with van der Waals surface area (Å²) in [7, 11) is 0. The lowest BCUT2D eigenvalue weighted by Crippen LogP contribution is -2.07. The maximum atomic E-state index is 13.3. The Labute approximate surface area is 165 Å². The number of carbonyl (C=O) groups excluding carboxylic acids is 1. The van der Waals surface area contributed by atoms with E-state index in [1.54, 1.807) is 36.4 Å². The van der Waals surface area contributed by atoms with Crippen molar-refractivity contribution in [2.45, 2.75) is 0 Å². The zero-order chi connectivity index (χ0) is 20.4. The molecule has 0 aliphatic heterocycles. The largest absolute Gasteiger partial charge is 0.506 e. The fraction of sp³-hybridized carbons (Fsp3) is 0. The zero-order valence-electron chi connectivity index (χ0n) is 15.1. The Bertz CT molecular complexity index is 1210. The average Bonchev–Trinajstić information content (AvgIpc) is 3.18. The summed E-state index contributed by atoms with van der Waals surface area (Å²) in [6.45, 7) is 0. The summed E-state index contributed by atoms with van der Waals surface area (Å²) in [5.41, 5.74) is 1.89. The molecule has 3 aromatic carbocycles. The molecule has 0 radical (unpaired) electrons. The summed E-state index contributed by atoms with van der Waals surface area (Å²) in [4.78, 5) is 31.1. The number of H-pyrrole nitrogens is 1. The number of non-ortho nitro benzene ring substituents is 1. The molecule has 1 aromatic heterocycles. The van der Waals surface area contributed by atoms with Crippen molar-refractivity contribution in [3.05, 3.63) is 106 Å². The monoisotopic (exact) mass is 385 g/mol. The fourth-order valence-electron chi connectivity index (χ4n) is 3.02. The minimum Gasteiger partial charge on any atom is -0.506 e. The first-order valence-corrected chi connectivity index (χ1v) is 8.77. The number of nitrogens with one attached hydrogen (secondary N) is 1. The Kier molecular flexibility index (Phi) is 4.62. The number of carbonyl (C=O) groups is 1. The van der Waals surface area contributed by atoms with Crippen LogP contribution in [0.5, 0.6) is 0 Å². The first-order valence-electron chi connectivity index (χ1n) is 8.77. The van der Waals surface area contributed by atoms with Crippen molar-refractivity contribution in [3.8, 4) is 0 Å². The lowest BCUT2D eigenvalue weighted by atomic mass is 9.98. The first kappa shape index (κ1) is 18.1. The van der Waals surface area contributed by atoms with E-state index in [1.165, 1.54) is 24.3 Å². The maximum Gasteiger partial charge on any atom is 0.269 e. The second-order valence-corrected chi connectivity index (χ2v) is 6.33. The van der Waals surface area contributed by atoms with Gasteiger partial charge >= 0.3 is 0 Å². The number of nitro benzene ring substituents is 1. The quantitative estimate of drug-likeness (QED) is 0.169. The van der Waals surface area contributed by atoms with Crippen molar-refractivity contribution in [1.29, 1.82) is 0 Å². The normalized spacial score (nSPS) is 11.9. The Hall–Kier alpha value is -4.26. The summed E-state index contributed by atoms with van der Waals surface area (Å²) in [5, 5.41) is 21.8. The van der Waals surface area contributed by atoms with Gasteiger partial charge in [-0.15, -0.1) is 0 Å². The molecule has 7 heteroatoms. The number of fused-ring (bicyclic) bond motifs is 1. The van der Waals surface area contributed by atoms with Gasteiger partial charge in [-0.3, -0.25) is 14.9 Å². The number of hydrogen-bond donors (Lipinski definition) is 2. The highest BCUT2D eigenvalue weighted by Gasteiger charge is 2.24. The van der Waals surface area contributed by atoms with Crippen molar-refractivity contribution >= 4 is 33.8 Å². The molecular formula is C22H15N3O4. The van der Waals surface area contributed by atoms with E-state index in [0.717, 1.165) is 5.52 Å². The second-order valence-electron chi connectivity index (χ2n) is 6.33. The molecule has 4 rings (SSSR count). The summed E-state index contributed by atoms with van der Waals surface area (Å²) in [6.07, 6.45) is 0. The topological polar surface area (TPSA) is 109 Å². The number of nitro groups is 1. The number of aromatic nitrogens is 2. The number of imidazole rings is 1. The van der Waals surface area contributed by atoms with Crippen LogP contribution in [0.25, 0.3) is 22.4 Å². The van der Waals surface area contributed by atoms with E-state index in [4.69, 9.17) is 0 Å². The Balaban J connectivity index is 1.88. The van der Waals surface area contributed by atoms with E-state index in [-0.39, 0.29) is 28.4 Å². The molecule has 0 atom stereocenters. The molecular weight excluding hydrogens is 370 g/mol. The average molecular weight is 385 g/mol. The van der Waals surface area contributed by atoms with Crippen LogP contribution in [0.4, 0.5) is 5.69 Å². The molecule has 0 unspecified atom stereocenters. The third-order valence-corrected chi connectivity index (χ3v) is 4.48. The molecule has 1 heterocycles. The van der Waals surface area contributed by atoms with Crippen molar-refractivity contribution in [2.24, 2.45) is 0 Å². The molecule has 0 fully saturated rings. The van der Waals surface area contributed by atoms with Crippen LogP contribution in [0, 0.1) is 10.1 Å². The van der Waals surface area contributed by atoms with E-state index in [9.17, 15) is 20.0 Å².